The van der Waals surface area contributed by atoms with Gasteiger partial charge in [0.1, 0.15) is 0 Å². The van der Waals surface area contributed by atoms with E-state index in [0.717, 1.165) is 64.2 Å². The van der Waals surface area contributed by atoms with Crippen LogP contribution < -0.4 is 4.90 Å². The van der Waals surface area contributed by atoms with Gasteiger partial charge in [-0.25, -0.2) is 0 Å². The fourth-order valence-corrected chi connectivity index (χ4v) is 3.74. The van der Waals surface area contributed by atoms with Gasteiger partial charge in [0, 0.05) is 44.8 Å². The van der Waals surface area contributed by atoms with Crippen LogP contribution in [0.2, 0.25) is 0 Å². The summed E-state index contributed by atoms with van der Waals surface area (Å²) in [4.78, 5) is 19.7. The highest BCUT2D eigenvalue weighted by molar-refractivity contribution is 5.97. The summed E-state index contributed by atoms with van der Waals surface area (Å²) in [6, 6.07) is 12.2. The van der Waals surface area contributed by atoms with Crippen molar-refractivity contribution in [3.8, 4) is 6.07 Å². The molecule has 1 amide bonds. The molecule has 2 aliphatic rings. The number of nitriles is 1. The highest BCUT2D eigenvalue weighted by atomic mass is 16.2. The van der Waals surface area contributed by atoms with Gasteiger partial charge in [-0.15, -0.1) is 0 Å². The molecular weight excluding hydrogens is 300 g/mol. The number of piperidine rings is 1. The lowest BCUT2D eigenvalue weighted by atomic mass is 10.0. The molecule has 0 spiro atoms. The zero-order valence-electron chi connectivity index (χ0n) is 14.2. The number of anilines is 1. The second kappa shape index (κ2) is 8.27. The Bertz CT molecular complexity index is 575. The lowest BCUT2D eigenvalue weighted by Gasteiger charge is -2.42. The van der Waals surface area contributed by atoms with Gasteiger partial charge in [0.15, 0.2) is 0 Å². The van der Waals surface area contributed by atoms with Gasteiger partial charge in [-0.05, 0) is 37.9 Å². The zero-order chi connectivity index (χ0) is 16.8. The van der Waals surface area contributed by atoms with Crippen molar-refractivity contribution >= 4 is 11.6 Å². The van der Waals surface area contributed by atoms with E-state index in [-0.39, 0.29) is 11.9 Å². The molecule has 0 bridgehead atoms. The fourth-order valence-electron chi connectivity index (χ4n) is 3.74. The predicted molar refractivity (Wildman–Crippen MR) is 94.7 cm³/mol. The molecule has 24 heavy (non-hydrogen) atoms. The van der Waals surface area contributed by atoms with Crippen LogP contribution >= 0.6 is 0 Å². The first kappa shape index (κ1) is 16.9. The maximum atomic E-state index is 13.0. The van der Waals surface area contributed by atoms with Crippen LogP contribution in [-0.2, 0) is 4.79 Å². The van der Waals surface area contributed by atoms with Crippen molar-refractivity contribution in [3.63, 3.8) is 0 Å². The summed E-state index contributed by atoms with van der Waals surface area (Å²) >= 11 is 0. The molecule has 0 aliphatic carbocycles. The molecule has 0 aromatic heterocycles. The molecule has 1 unspecified atom stereocenters. The highest BCUT2D eigenvalue weighted by Gasteiger charge is 2.35. The van der Waals surface area contributed by atoms with Crippen molar-refractivity contribution in [2.24, 2.45) is 0 Å². The van der Waals surface area contributed by atoms with Crippen molar-refractivity contribution in [1.82, 2.24) is 9.80 Å². The number of nitrogens with zero attached hydrogens (tertiary/aromatic N) is 4. The number of carbonyl (C=O) groups excluding carboxylic acids is 1. The molecule has 2 saturated heterocycles. The summed E-state index contributed by atoms with van der Waals surface area (Å²) in [5.74, 6) is 0.255. The molecule has 0 N–H and O–H groups in total. The maximum Gasteiger partial charge on any atom is 0.244 e. The number of para-hydroxylation sites is 1. The van der Waals surface area contributed by atoms with E-state index >= 15 is 0 Å². The minimum Gasteiger partial charge on any atom is -0.311 e. The average Bonchev–Trinajstić information content (AvgIpc) is 2.64. The summed E-state index contributed by atoms with van der Waals surface area (Å²) < 4.78 is 0. The van der Waals surface area contributed by atoms with Crippen LogP contribution in [0.5, 0.6) is 0 Å². The summed E-state index contributed by atoms with van der Waals surface area (Å²) in [6.07, 6.45) is 3.61. The largest absolute Gasteiger partial charge is 0.311 e. The topological polar surface area (TPSA) is 50.6 Å². The lowest BCUT2D eigenvalue weighted by Crippen LogP contribution is -2.57. The Morgan fingerprint density at radius 3 is 2.54 bits per heavy atom. The minimum atomic E-state index is 0.0280. The van der Waals surface area contributed by atoms with Crippen LogP contribution in [0, 0.1) is 11.3 Å². The van der Waals surface area contributed by atoms with Crippen LogP contribution in [-0.4, -0.2) is 61.0 Å². The normalized spacial score (nSPS) is 23.2. The molecule has 2 heterocycles. The molecule has 5 nitrogen and oxygen atoms in total. The summed E-state index contributed by atoms with van der Waals surface area (Å²) in [7, 11) is 0. The molecule has 0 radical (unpaired) electrons. The first-order valence-electron chi connectivity index (χ1n) is 8.99. The van der Waals surface area contributed by atoms with E-state index in [4.69, 9.17) is 5.26 Å². The average molecular weight is 326 g/mol. The number of hydrogen-bond acceptors (Lipinski definition) is 4. The third-order valence-electron chi connectivity index (χ3n) is 5.09. The monoisotopic (exact) mass is 326 g/mol. The van der Waals surface area contributed by atoms with Gasteiger partial charge in [0.05, 0.1) is 12.1 Å². The molecule has 0 saturated carbocycles. The van der Waals surface area contributed by atoms with E-state index in [1.165, 1.54) is 0 Å². The molecule has 1 atom stereocenters. The predicted octanol–water partition coefficient (Wildman–Crippen LogP) is 2.10. The molecule has 128 valence electrons. The summed E-state index contributed by atoms with van der Waals surface area (Å²) in [5, 5.41) is 8.64. The van der Waals surface area contributed by atoms with Crippen molar-refractivity contribution in [3.05, 3.63) is 30.3 Å². The smallest absolute Gasteiger partial charge is 0.244 e. The number of piperazine rings is 1. The van der Waals surface area contributed by atoms with Crippen LogP contribution in [0.4, 0.5) is 5.69 Å². The fraction of sp³-hybridized carbons (Fsp3) is 0.579. The van der Waals surface area contributed by atoms with Gasteiger partial charge < -0.3 is 9.80 Å². The Morgan fingerprint density at radius 1 is 1.08 bits per heavy atom. The van der Waals surface area contributed by atoms with Crippen LogP contribution in [0.1, 0.15) is 25.7 Å². The van der Waals surface area contributed by atoms with E-state index in [0.29, 0.717) is 6.42 Å². The van der Waals surface area contributed by atoms with Crippen LogP contribution in [0.25, 0.3) is 0 Å². The zero-order valence-corrected chi connectivity index (χ0v) is 14.2. The van der Waals surface area contributed by atoms with Gasteiger partial charge in [-0.1, -0.05) is 18.2 Å². The van der Waals surface area contributed by atoms with E-state index < -0.39 is 0 Å². The first-order chi connectivity index (χ1) is 11.8. The van der Waals surface area contributed by atoms with Gasteiger partial charge in [-0.3, -0.25) is 9.69 Å². The highest BCUT2D eigenvalue weighted by Crippen LogP contribution is 2.24. The standard InChI is InChI=1S/C19H26N4O/c20-10-4-5-11-21-13-15-22(16-14-21)18-9-6-12-23(19(18)24)17-7-2-1-3-8-17/h1-3,7-8,18H,4-6,9,11-16H2. The minimum absolute atomic E-state index is 0.0280. The van der Waals surface area contributed by atoms with E-state index in [1.807, 2.05) is 35.2 Å². The Labute approximate surface area is 144 Å². The van der Waals surface area contributed by atoms with Gasteiger partial charge in [0.2, 0.25) is 5.91 Å². The molecule has 3 rings (SSSR count). The summed E-state index contributed by atoms with van der Waals surface area (Å²) in [6.45, 7) is 5.72. The molecular formula is C19H26N4O. The Morgan fingerprint density at radius 2 is 1.83 bits per heavy atom. The SMILES string of the molecule is N#CCCCN1CCN(C2CCCN(c3ccccc3)C2=O)CC1. The van der Waals surface area contributed by atoms with Gasteiger partial charge >= 0.3 is 0 Å². The van der Waals surface area contributed by atoms with Gasteiger partial charge in [0.25, 0.3) is 0 Å². The molecule has 1 aromatic rings. The third kappa shape index (κ3) is 3.95. The Balaban J connectivity index is 1.56. The number of hydrogen-bond donors (Lipinski definition) is 0. The van der Waals surface area contributed by atoms with E-state index in [2.05, 4.69) is 15.9 Å². The van der Waals surface area contributed by atoms with Crippen molar-refractivity contribution in [1.29, 1.82) is 5.26 Å². The molecule has 2 aliphatic heterocycles. The second-order valence-corrected chi connectivity index (χ2v) is 6.62. The third-order valence-corrected chi connectivity index (χ3v) is 5.09. The molecule has 1 aromatic carbocycles. The van der Waals surface area contributed by atoms with Crippen molar-refractivity contribution < 1.29 is 4.79 Å². The van der Waals surface area contributed by atoms with Crippen molar-refractivity contribution in [2.45, 2.75) is 31.7 Å². The quantitative estimate of drug-likeness (QED) is 0.778. The lowest BCUT2D eigenvalue weighted by molar-refractivity contribution is -0.126. The molecule has 5 heteroatoms. The van der Waals surface area contributed by atoms with E-state index in [9.17, 15) is 4.79 Å². The number of unbranched alkanes of at least 4 members (excludes halogenated alkanes) is 1. The van der Waals surface area contributed by atoms with E-state index in [1.54, 1.807) is 0 Å². The Kier molecular flexibility index (Phi) is 5.84. The number of amides is 1. The number of benzene rings is 1. The summed E-state index contributed by atoms with van der Waals surface area (Å²) in [5.41, 5.74) is 1.02. The number of rotatable bonds is 5. The second-order valence-electron chi connectivity index (χ2n) is 6.62. The van der Waals surface area contributed by atoms with Crippen LogP contribution in [0.15, 0.2) is 30.3 Å². The number of carbonyl (C=O) groups is 1. The Hall–Kier alpha value is -1.90. The maximum absolute atomic E-state index is 13.0. The van der Waals surface area contributed by atoms with Crippen molar-refractivity contribution in [2.75, 3.05) is 44.2 Å². The van der Waals surface area contributed by atoms with Crippen LogP contribution in [0.3, 0.4) is 0 Å². The van der Waals surface area contributed by atoms with Gasteiger partial charge in [-0.2, -0.15) is 5.26 Å². The molecule has 2 fully saturated rings. The first-order valence-corrected chi connectivity index (χ1v) is 8.99.